The zero-order chi connectivity index (χ0) is 11.5. The van der Waals surface area contributed by atoms with Crippen molar-refractivity contribution in [1.29, 1.82) is 0 Å². The summed E-state index contributed by atoms with van der Waals surface area (Å²) in [6.07, 6.45) is 0. The minimum Gasteiger partial charge on any atom is -0.384 e. The summed E-state index contributed by atoms with van der Waals surface area (Å²) in [6, 6.07) is 3.06. The molecule has 0 saturated carbocycles. The SMILES string of the molecule is CCNCC(C)(O)c1cc(F)cc(F)c1. The average Bonchev–Trinajstić information content (AvgIpc) is 2.13. The molecule has 1 atom stereocenters. The summed E-state index contributed by atoms with van der Waals surface area (Å²) in [5.41, 5.74) is -1.03. The van der Waals surface area contributed by atoms with Gasteiger partial charge in [0.25, 0.3) is 0 Å². The normalized spacial score (nSPS) is 15.0. The molecule has 0 aliphatic carbocycles. The molecule has 0 aliphatic rings. The van der Waals surface area contributed by atoms with Crippen LogP contribution in [0.25, 0.3) is 0 Å². The van der Waals surface area contributed by atoms with E-state index in [9.17, 15) is 13.9 Å². The molecular formula is C11H15F2NO. The summed E-state index contributed by atoms with van der Waals surface area (Å²) in [4.78, 5) is 0. The van der Waals surface area contributed by atoms with Gasteiger partial charge in [-0.2, -0.15) is 0 Å². The van der Waals surface area contributed by atoms with Crippen molar-refractivity contribution in [3.8, 4) is 0 Å². The molecule has 1 aromatic rings. The van der Waals surface area contributed by atoms with Gasteiger partial charge >= 0.3 is 0 Å². The molecule has 15 heavy (non-hydrogen) atoms. The highest BCUT2D eigenvalue weighted by Crippen LogP contribution is 2.21. The van der Waals surface area contributed by atoms with Gasteiger partial charge in [-0.05, 0) is 31.2 Å². The molecule has 1 rings (SSSR count). The van der Waals surface area contributed by atoms with Crippen LogP contribution in [0.2, 0.25) is 0 Å². The van der Waals surface area contributed by atoms with Gasteiger partial charge < -0.3 is 10.4 Å². The van der Waals surface area contributed by atoms with Crippen molar-refractivity contribution < 1.29 is 13.9 Å². The lowest BCUT2D eigenvalue weighted by Crippen LogP contribution is -2.35. The fourth-order valence-corrected chi connectivity index (χ4v) is 1.34. The second kappa shape index (κ2) is 4.68. The first kappa shape index (κ1) is 12.1. The first-order valence-corrected chi connectivity index (χ1v) is 4.85. The van der Waals surface area contributed by atoms with Gasteiger partial charge in [0.2, 0.25) is 0 Å². The monoisotopic (exact) mass is 215 g/mol. The highest BCUT2D eigenvalue weighted by atomic mass is 19.1. The van der Waals surface area contributed by atoms with Crippen LogP contribution in [0.5, 0.6) is 0 Å². The van der Waals surface area contributed by atoms with Crippen molar-refractivity contribution in [2.75, 3.05) is 13.1 Å². The van der Waals surface area contributed by atoms with Crippen molar-refractivity contribution in [2.24, 2.45) is 0 Å². The van der Waals surface area contributed by atoms with Gasteiger partial charge in [0.15, 0.2) is 0 Å². The van der Waals surface area contributed by atoms with Gasteiger partial charge in [0.05, 0.1) is 5.60 Å². The van der Waals surface area contributed by atoms with E-state index in [0.717, 1.165) is 18.2 Å². The molecule has 2 nitrogen and oxygen atoms in total. The summed E-state index contributed by atoms with van der Waals surface area (Å²) in [7, 11) is 0. The Kier molecular flexibility index (Phi) is 3.77. The van der Waals surface area contributed by atoms with Crippen LogP contribution in [0.15, 0.2) is 18.2 Å². The Labute approximate surface area is 87.9 Å². The number of benzene rings is 1. The van der Waals surface area contributed by atoms with E-state index in [0.29, 0.717) is 6.54 Å². The maximum Gasteiger partial charge on any atom is 0.126 e. The first-order valence-electron chi connectivity index (χ1n) is 4.85. The van der Waals surface area contributed by atoms with E-state index in [-0.39, 0.29) is 12.1 Å². The van der Waals surface area contributed by atoms with Gasteiger partial charge in [-0.25, -0.2) is 8.78 Å². The van der Waals surface area contributed by atoms with Crippen LogP contribution in [0, 0.1) is 11.6 Å². The topological polar surface area (TPSA) is 32.3 Å². The number of hydrogen-bond acceptors (Lipinski definition) is 2. The lowest BCUT2D eigenvalue weighted by atomic mass is 9.96. The highest BCUT2D eigenvalue weighted by molar-refractivity contribution is 5.24. The average molecular weight is 215 g/mol. The molecule has 84 valence electrons. The second-order valence-corrected chi connectivity index (χ2v) is 3.71. The van der Waals surface area contributed by atoms with Gasteiger partial charge in [-0.15, -0.1) is 0 Å². The lowest BCUT2D eigenvalue weighted by Gasteiger charge is -2.24. The van der Waals surface area contributed by atoms with Crippen LogP contribution in [0.3, 0.4) is 0 Å². The van der Waals surface area contributed by atoms with Crippen LogP contribution in [-0.2, 0) is 5.60 Å². The summed E-state index contributed by atoms with van der Waals surface area (Å²) in [5.74, 6) is -1.36. The van der Waals surface area contributed by atoms with Crippen LogP contribution < -0.4 is 5.32 Å². The zero-order valence-electron chi connectivity index (χ0n) is 8.85. The third kappa shape index (κ3) is 3.25. The molecular weight excluding hydrogens is 200 g/mol. The molecule has 0 aliphatic heterocycles. The number of likely N-dealkylation sites (N-methyl/N-ethyl adjacent to an activating group) is 1. The molecule has 1 aromatic carbocycles. The largest absolute Gasteiger partial charge is 0.384 e. The Morgan fingerprint density at radius 2 is 1.80 bits per heavy atom. The standard InChI is InChI=1S/C11H15F2NO/c1-3-14-7-11(2,15)8-4-9(12)6-10(13)5-8/h4-6,14-15H,3,7H2,1-2H3. The Hall–Kier alpha value is -1.00. The molecule has 0 spiro atoms. The number of hydrogen-bond donors (Lipinski definition) is 2. The van der Waals surface area contributed by atoms with Crippen molar-refractivity contribution in [1.82, 2.24) is 5.32 Å². The Morgan fingerprint density at radius 1 is 1.27 bits per heavy atom. The molecule has 2 N–H and O–H groups in total. The highest BCUT2D eigenvalue weighted by Gasteiger charge is 2.23. The number of nitrogens with one attached hydrogen (secondary N) is 1. The minimum absolute atomic E-state index is 0.237. The molecule has 0 fully saturated rings. The molecule has 0 saturated heterocycles. The van der Waals surface area contributed by atoms with E-state index in [2.05, 4.69) is 5.32 Å². The lowest BCUT2D eigenvalue weighted by molar-refractivity contribution is 0.0569. The Morgan fingerprint density at radius 3 is 2.27 bits per heavy atom. The smallest absolute Gasteiger partial charge is 0.126 e. The Bertz CT molecular complexity index is 319. The van der Waals surface area contributed by atoms with Crippen LogP contribution in [0.1, 0.15) is 19.4 Å². The van der Waals surface area contributed by atoms with Crippen LogP contribution in [-0.4, -0.2) is 18.2 Å². The predicted octanol–water partition coefficient (Wildman–Crippen LogP) is 1.78. The summed E-state index contributed by atoms with van der Waals surface area (Å²) < 4.78 is 25.8. The van der Waals surface area contributed by atoms with E-state index >= 15 is 0 Å². The fraction of sp³-hybridized carbons (Fsp3) is 0.455. The predicted molar refractivity (Wildman–Crippen MR) is 54.5 cm³/mol. The molecule has 0 aromatic heterocycles. The van der Waals surface area contributed by atoms with Gasteiger partial charge in [0.1, 0.15) is 11.6 Å². The van der Waals surface area contributed by atoms with Gasteiger partial charge in [-0.3, -0.25) is 0 Å². The second-order valence-electron chi connectivity index (χ2n) is 3.71. The third-order valence-electron chi connectivity index (χ3n) is 2.20. The van der Waals surface area contributed by atoms with E-state index in [1.54, 1.807) is 0 Å². The molecule has 0 radical (unpaired) electrons. The molecule has 1 unspecified atom stereocenters. The quantitative estimate of drug-likeness (QED) is 0.802. The van der Waals surface area contributed by atoms with E-state index in [1.807, 2.05) is 6.92 Å². The first-order chi connectivity index (χ1) is 6.95. The third-order valence-corrected chi connectivity index (χ3v) is 2.20. The van der Waals surface area contributed by atoms with Crippen molar-refractivity contribution in [3.63, 3.8) is 0 Å². The maximum atomic E-state index is 12.9. The van der Waals surface area contributed by atoms with Crippen LogP contribution >= 0.6 is 0 Å². The van der Waals surface area contributed by atoms with E-state index < -0.39 is 17.2 Å². The molecule has 0 bridgehead atoms. The van der Waals surface area contributed by atoms with Gasteiger partial charge in [0, 0.05) is 12.6 Å². The van der Waals surface area contributed by atoms with Crippen LogP contribution in [0.4, 0.5) is 8.78 Å². The molecule has 4 heteroatoms. The zero-order valence-corrected chi connectivity index (χ0v) is 8.85. The summed E-state index contributed by atoms with van der Waals surface area (Å²) >= 11 is 0. The van der Waals surface area contributed by atoms with E-state index in [1.165, 1.54) is 6.92 Å². The summed E-state index contributed by atoms with van der Waals surface area (Å²) in [5, 5.41) is 12.9. The Balaban J connectivity index is 2.93. The van der Waals surface area contributed by atoms with Crippen molar-refractivity contribution >= 4 is 0 Å². The maximum absolute atomic E-state index is 12.9. The number of aliphatic hydroxyl groups is 1. The van der Waals surface area contributed by atoms with Crippen molar-refractivity contribution in [2.45, 2.75) is 19.4 Å². The van der Waals surface area contributed by atoms with Gasteiger partial charge in [-0.1, -0.05) is 6.92 Å². The van der Waals surface area contributed by atoms with E-state index in [4.69, 9.17) is 0 Å². The summed E-state index contributed by atoms with van der Waals surface area (Å²) in [6.45, 7) is 4.35. The minimum atomic E-state index is -1.26. The van der Waals surface area contributed by atoms with Crippen molar-refractivity contribution in [3.05, 3.63) is 35.4 Å². The number of halogens is 2. The molecule has 0 amide bonds. The fourth-order valence-electron chi connectivity index (χ4n) is 1.34. The number of rotatable bonds is 4. The molecule has 0 heterocycles.